The van der Waals surface area contributed by atoms with Crippen LogP contribution < -0.4 is 0 Å². The van der Waals surface area contributed by atoms with Crippen molar-refractivity contribution in [3.8, 4) is 0 Å². The number of aliphatic hydroxyl groups is 2. The molecule has 13 heteroatoms. The summed E-state index contributed by atoms with van der Waals surface area (Å²) in [6, 6.07) is 0. The molecule has 0 spiro atoms. The van der Waals surface area contributed by atoms with Crippen molar-refractivity contribution < 1.29 is 47.0 Å². The second kappa shape index (κ2) is 15.1. The van der Waals surface area contributed by atoms with Gasteiger partial charge in [-0.15, -0.1) is 0 Å². The number of hydrogen-bond donors (Lipinski definition) is 4. The van der Waals surface area contributed by atoms with Crippen molar-refractivity contribution in [3.05, 3.63) is 0 Å². The van der Waals surface area contributed by atoms with E-state index in [1.807, 2.05) is 26.6 Å². The van der Waals surface area contributed by atoms with Gasteiger partial charge in [-0.1, -0.05) is 0 Å². The first-order valence-corrected chi connectivity index (χ1v) is 16.9. The lowest BCUT2D eigenvalue weighted by molar-refractivity contribution is -0.0881. The van der Waals surface area contributed by atoms with E-state index in [0.29, 0.717) is 6.61 Å². The Morgan fingerprint density at radius 3 is 1.85 bits per heavy atom. The minimum atomic E-state index is -3.99. The van der Waals surface area contributed by atoms with Gasteiger partial charge in [-0.25, -0.2) is 0 Å². The molecule has 0 aliphatic rings. The van der Waals surface area contributed by atoms with Crippen molar-refractivity contribution in [3.63, 3.8) is 0 Å². The fourth-order valence-corrected chi connectivity index (χ4v) is 12.1. The second-order valence-electron chi connectivity index (χ2n) is 7.03. The molecule has 0 radical (unpaired) electrons. The van der Waals surface area contributed by atoms with Crippen molar-refractivity contribution in [2.75, 3.05) is 46.7 Å². The lowest BCUT2D eigenvalue weighted by Gasteiger charge is -2.34. The first-order valence-electron chi connectivity index (χ1n) is 8.64. The first-order chi connectivity index (χ1) is 12.3. The van der Waals surface area contributed by atoms with E-state index in [2.05, 4.69) is 4.74 Å². The molecule has 0 amide bonds. The maximum absolute atomic E-state index is 9.99. The fourth-order valence-electron chi connectivity index (χ4n) is 1.88. The molecular formula is C14H38O10Si3. The highest BCUT2D eigenvalue weighted by molar-refractivity contribution is 6.84. The Morgan fingerprint density at radius 2 is 1.41 bits per heavy atom. The highest BCUT2D eigenvalue weighted by atomic mass is 28.5. The topological polar surface area (TPSA) is 136 Å². The third kappa shape index (κ3) is 22.4. The Labute approximate surface area is 165 Å². The third-order valence-corrected chi connectivity index (χ3v) is 10.6. The largest absolute Gasteiger partial charge is 0.513 e. The van der Waals surface area contributed by atoms with Crippen LogP contribution in [0.1, 0.15) is 6.92 Å². The number of methoxy groups -OCH3 is 1. The maximum Gasteiger partial charge on any atom is 0.513 e. The van der Waals surface area contributed by atoms with Gasteiger partial charge in [-0.2, -0.15) is 0 Å². The molecule has 0 heterocycles. The number of aliphatic hydroxyl groups excluding tert-OH is 2. The van der Waals surface area contributed by atoms with Crippen LogP contribution in [0.2, 0.25) is 32.7 Å². The Morgan fingerprint density at radius 1 is 0.889 bits per heavy atom. The maximum atomic E-state index is 9.99. The zero-order valence-electron chi connectivity index (χ0n) is 17.6. The summed E-state index contributed by atoms with van der Waals surface area (Å²) in [6.45, 7) is 11.8. The molecule has 0 saturated carbocycles. The smallest absolute Gasteiger partial charge is 0.437 e. The van der Waals surface area contributed by atoms with Crippen LogP contribution >= 0.6 is 0 Å². The monoisotopic (exact) mass is 450 g/mol. The van der Waals surface area contributed by atoms with Crippen LogP contribution in [0.15, 0.2) is 0 Å². The van der Waals surface area contributed by atoms with Crippen molar-refractivity contribution >= 4 is 25.7 Å². The highest BCUT2D eigenvalue weighted by Crippen LogP contribution is 2.18. The van der Waals surface area contributed by atoms with Crippen molar-refractivity contribution in [1.29, 1.82) is 0 Å². The minimum Gasteiger partial charge on any atom is -0.437 e. The molecule has 1 unspecified atom stereocenters. The molecule has 4 N–H and O–H groups in total. The van der Waals surface area contributed by atoms with E-state index < -0.39 is 31.8 Å². The van der Waals surface area contributed by atoms with E-state index in [0.717, 1.165) is 0 Å². The predicted octanol–water partition coefficient (Wildman–Crippen LogP) is -0.0103. The van der Waals surface area contributed by atoms with Crippen molar-refractivity contribution in [1.82, 2.24) is 0 Å². The molecule has 0 fully saturated rings. The van der Waals surface area contributed by atoms with Gasteiger partial charge in [0.25, 0.3) is 0 Å². The average molecular weight is 451 g/mol. The van der Waals surface area contributed by atoms with Crippen LogP contribution in [0.5, 0.6) is 0 Å². The van der Waals surface area contributed by atoms with Crippen LogP contribution in [-0.2, 0) is 27.2 Å². The van der Waals surface area contributed by atoms with Crippen LogP contribution in [0.4, 0.5) is 0 Å². The summed E-state index contributed by atoms with van der Waals surface area (Å²) in [5, 5.41) is 17.3. The predicted molar refractivity (Wildman–Crippen MR) is 107 cm³/mol. The van der Waals surface area contributed by atoms with Crippen LogP contribution in [-0.4, -0.2) is 98.3 Å². The lowest BCUT2D eigenvalue weighted by Crippen LogP contribution is -2.57. The molecule has 0 bridgehead atoms. The van der Waals surface area contributed by atoms with E-state index in [4.69, 9.17) is 27.5 Å². The molecule has 0 aromatic heterocycles. The minimum absolute atomic E-state index is 0.0469. The van der Waals surface area contributed by atoms with Crippen LogP contribution in [0.25, 0.3) is 0 Å². The van der Waals surface area contributed by atoms with Gasteiger partial charge in [0.2, 0.25) is 0 Å². The molecule has 166 valence electrons. The molecule has 27 heavy (non-hydrogen) atoms. The van der Waals surface area contributed by atoms with Gasteiger partial charge in [0.15, 0.2) is 8.32 Å². The standard InChI is InChI=1S/C12H32O8Si3.C2H6O2/c1-7-16-10-17-8-12(13)9-18-11-23(14,15)20-22(5,6)19-21(2,3)4;1-4-2-3/h12-15H,7-11H2,1-6H3;3H,2H2,1H3. The molecular weight excluding hydrogens is 412 g/mol. The summed E-state index contributed by atoms with van der Waals surface area (Å²) in [5.41, 5.74) is 0. The molecule has 0 saturated heterocycles. The van der Waals surface area contributed by atoms with Crippen molar-refractivity contribution in [2.24, 2.45) is 0 Å². The molecule has 10 nitrogen and oxygen atoms in total. The Kier molecular flexibility index (Phi) is 16.5. The summed E-state index contributed by atoms with van der Waals surface area (Å²) in [7, 11) is -7.04. The molecule has 0 rings (SSSR count). The van der Waals surface area contributed by atoms with Gasteiger partial charge in [-0.05, 0) is 39.7 Å². The summed E-state index contributed by atoms with van der Waals surface area (Å²) >= 11 is 0. The van der Waals surface area contributed by atoms with Crippen molar-refractivity contribution in [2.45, 2.75) is 45.8 Å². The van der Waals surface area contributed by atoms with Gasteiger partial charge >= 0.3 is 17.4 Å². The van der Waals surface area contributed by atoms with Crippen LogP contribution in [0.3, 0.4) is 0 Å². The summed E-state index contributed by atoms with van der Waals surface area (Å²) < 4.78 is 30.6. The molecule has 0 aromatic carbocycles. The lowest BCUT2D eigenvalue weighted by atomic mass is 10.4. The van der Waals surface area contributed by atoms with E-state index in [1.165, 1.54) is 7.11 Å². The fraction of sp³-hybridized carbons (Fsp3) is 1.00. The van der Waals surface area contributed by atoms with E-state index in [-0.39, 0.29) is 33.0 Å². The number of ether oxygens (including phenoxy) is 4. The average Bonchev–Trinajstić information content (AvgIpc) is 2.48. The highest BCUT2D eigenvalue weighted by Gasteiger charge is 2.43. The van der Waals surface area contributed by atoms with Gasteiger partial charge in [-0.3, -0.25) is 0 Å². The van der Waals surface area contributed by atoms with Crippen LogP contribution in [0, 0.1) is 0 Å². The zero-order chi connectivity index (χ0) is 21.6. The number of rotatable bonds is 14. The Balaban J connectivity index is 0. The van der Waals surface area contributed by atoms with Gasteiger partial charge < -0.3 is 47.0 Å². The first kappa shape index (κ1) is 29.5. The summed E-state index contributed by atoms with van der Waals surface area (Å²) in [4.78, 5) is 20.0. The SMILES string of the molecule is CCOCOCC(O)COC[Si](O)(O)O[Si](C)(C)O[Si](C)(C)C.COCO. The summed E-state index contributed by atoms with van der Waals surface area (Å²) in [6.07, 6.45) is -1.23. The van der Waals surface area contributed by atoms with E-state index >= 15 is 0 Å². The second-order valence-corrected chi connectivity index (χ2v) is 17.5. The molecule has 0 aromatic rings. The molecule has 0 aliphatic carbocycles. The summed E-state index contributed by atoms with van der Waals surface area (Å²) in [5.74, 6) is 0. The van der Waals surface area contributed by atoms with E-state index in [1.54, 1.807) is 13.1 Å². The van der Waals surface area contributed by atoms with Gasteiger partial charge in [0.1, 0.15) is 25.9 Å². The zero-order valence-corrected chi connectivity index (χ0v) is 20.6. The molecule has 0 aliphatic heterocycles. The third-order valence-electron chi connectivity index (χ3n) is 2.37. The Bertz CT molecular complexity index is 351. The van der Waals surface area contributed by atoms with Gasteiger partial charge in [0.05, 0.1) is 13.2 Å². The quantitative estimate of drug-likeness (QED) is 0.162. The Hall–Kier alpha value is 0.251. The van der Waals surface area contributed by atoms with E-state index in [9.17, 15) is 14.7 Å². The van der Waals surface area contributed by atoms with Gasteiger partial charge in [0, 0.05) is 13.7 Å². The normalized spacial score (nSPS) is 13.9. The molecule has 1 atom stereocenters. The number of hydrogen-bond acceptors (Lipinski definition) is 10.